The Labute approximate surface area is 120 Å². The van der Waals surface area contributed by atoms with Crippen molar-refractivity contribution in [2.75, 3.05) is 6.54 Å². The Morgan fingerprint density at radius 3 is 2.75 bits per heavy atom. The van der Waals surface area contributed by atoms with E-state index in [4.69, 9.17) is 0 Å². The number of hydrogen-bond acceptors (Lipinski definition) is 3. The average Bonchev–Trinajstić information content (AvgIpc) is 2.93. The number of amides is 1. The molecule has 20 heavy (non-hydrogen) atoms. The molecule has 1 saturated carbocycles. The van der Waals surface area contributed by atoms with Gasteiger partial charge < -0.3 is 5.32 Å². The molecule has 0 aromatic carbocycles. The van der Waals surface area contributed by atoms with Crippen LogP contribution in [-0.4, -0.2) is 22.4 Å². The second-order valence-electron chi connectivity index (χ2n) is 6.11. The first kappa shape index (κ1) is 13.5. The number of rotatable bonds is 3. The number of aromatic nitrogens is 2. The molecule has 0 aliphatic heterocycles. The molecule has 1 fully saturated rings. The zero-order valence-electron chi connectivity index (χ0n) is 12.2. The van der Waals surface area contributed by atoms with Crippen molar-refractivity contribution in [3.63, 3.8) is 0 Å². The topological polar surface area (TPSA) is 54.9 Å². The molecule has 1 aromatic heterocycles. The summed E-state index contributed by atoms with van der Waals surface area (Å²) in [4.78, 5) is 21.2. The van der Waals surface area contributed by atoms with Crippen LogP contribution in [-0.2, 0) is 12.8 Å². The van der Waals surface area contributed by atoms with E-state index in [0.717, 1.165) is 37.1 Å². The van der Waals surface area contributed by atoms with Crippen molar-refractivity contribution in [3.05, 3.63) is 22.8 Å². The van der Waals surface area contributed by atoms with Gasteiger partial charge in [-0.25, -0.2) is 9.97 Å². The number of carbonyl (C=O) groups excluding carboxylic acids is 1. The highest BCUT2D eigenvalue weighted by Gasteiger charge is 2.23. The quantitative estimate of drug-likeness (QED) is 0.921. The summed E-state index contributed by atoms with van der Waals surface area (Å²) >= 11 is 0. The lowest BCUT2D eigenvalue weighted by atomic mass is 9.89. The lowest BCUT2D eigenvalue weighted by Gasteiger charge is -2.21. The maximum Gasteiger partial charge on any atom is 0.270 e. The first-order chi connectivity index (χ1) is 9.74. The normalized spacial score (nSPS) is 18.9. The van der Waals surface area contributed by atoms with Crippen LogP contribution in [0.5, 0.6) is 0 Å². The molecule has 4 heteroatoms. The second kappa shape index (κ2) is 5.90. The van der Waals surface area contributed by atoms with Crippen LogP contribution in [0.2, 0.25) is 0 Å². The van der Waals surface area contributed by atoms with Crippen LogP contribution in [0, 0.1) is 12.8 Å². The summed E-state index contributed by atoms with van der Waals surface area (Å²) in [6, 6.07) is 0. The maximum absolute atomic E-state index is 12.4. The van der Waals surface area contributed by atoms with Gasteiger partial charge in [0.25, 0.3) is 5.91 Å². The Bertz CT molecular complexity index is 507. The van der Waals surface area contributed by atoms with Gasteiger partial charge in [0.1, 0.15) is 11.5 Å². The molecule has 1 amide bonds. The second-order valence-corrected chi connectivity index (χ2v) is 6.11. The van der Waals surface area contributed by atoms with Crippen molar-refractivity contribution in [2.45, 2.75) is 58.3 Å². The van der Waals surface area contributed by atoms with Gasteiger partial charge in [0.15, 0.2) is 0 Å². The third kappa shape index (κ3) is 2.84. The van der Waals surface area contributed by atoms with E-state index in [1.54, 1.807) is 0 Å². The Morgan fingerprint density at radius 2 is 1.95 bits per heavy atom. The van der Waals surface area contributed by atoms with E-state index in [9.17, 15) is 4.79 Å². The zero-order chi connectivity index (χ0) is 13.9. The number of hydrogen-bond donors (Lipinski definition) is 1. The summed E-state index contributed by atoms with van der Waals surface area (Å²) in [5, 5.41) is 3.10. The minimum absolute atomic E-state index is 0.000719. The lowest BCUT2D eigenvalue weighted by molar-refractivity contribution is 0.0937. The van der Waals surface area contributed by atoms with Crippen molar-refractivity contribution < 1.29 is 4.79 Å². The Morgan fingerprint density at radius 1 is 1.15 bits per heavy atom. The zero-order valence-corrected chi connectivity index (χ0v) is 12.2. The number of carbonyl (C=O) groups is 1. The van der Waals surface area contributed by atoms with Crippen LogP contribution < -0.4 is 5.32 Å². The number of fused-ring (bicyclic) bond motifs is 1. The lowest BCUT2D eigenvalue weighted by Crippen LogP contribution is -2.31. The first-order valence-corrected chi connectivity index (χ1v) is 7.88. The van der Waals surface area contributed by atoms with Crippen molar-refractivity contribution in [1.29, 1.82) is 0 Å². The van der Waals surface area contributed by atoms with E-state index in [-0.39, 0.29) is 5.91 Å². The largest absolute Gasteiger partial charge is 0.350 e. The molecule has 108 valence electrons. The van der Waals surface area contributed by atoms with E-state index >= 15 is 0 Å². The van der Waals surface area contributed by atoms with E-state index < -0.39 is 0 Å². The summed E-state index contributed by atoms with van der Waals surface area (Å²) < 4.78 is 0. The summed E-state index contributed by atoms with van der Waals surface area (Å²) in [7, 11) is 0. The summed E-state index contributed by atoms with van der Waals surface area (Å²) in [5.74, 6) is 1.37. The molecule has 0 atom stereocenters. The Balaban J connectivity index is 1.68. The van der Waals surface area contributed by atoms with Crippen LogP contribution in [0.1, 0.15) is 66.1 Å². The van der Waals surface area contributed by atoms with Crippen LogP contribution >= 0.6 is 0 Å². The van der Waals surface area contributed by atoms with Gasteiger partial charge in [-0.05, 0) is 44.9 Å². The summed E-state index contributed by atoms with van der Waals surface area (Å²) in [6.07, 6.45) is 9.50. The van der Waals surface area contributed by atoms with Gasteiger partial charge in [0.05, 0.1) is 0 Å². The molecule has 0 spiro atoms. The highest BCUT2D eigenvalue weighted by Crippen LogP contribution is 2.24. The fraction of sp³-hybridized carbons (Fsp3) is 0.688. The molecule has 3 rings (SSSR count). The summed E-state index contributed by atoms with van der Waals surface area (Å²) in [5.41, 5.74) is 2.79. The minimum Gasteiger partial charge on any atom is -0.350 e. The average molecular weight is 273 g/mol. The number of nitrogens with one attached hydrogen (secondary N) is 1. The van der Waals surface area contributed by atoms with E-state index in [1.165, 1.54) is 32.1 Å². The fourth-order valence-electron chi connectivity index (χ4n) is 3.46. The molecule has 1 N–H and O–H groups in total. The van der Waals surface area contributed by atoms with Gasteiger partial charge in [-0.1, -0.05) is 19.3 Å². The van der Waals surface area contributed by atoms with Crippen molar-refractivity contribution in [1.82, 2.24) is 15.3 Å². The molecular formula is C16H23N3O. The number of nitrogens with zero attached hydrogens (tertiary/aromatic N) is 2. The van der Waals surface area contributed by atoms with Gasteiger partial charge >= 0.3 is 0 Å². The maximum atomic E-state index is 12.4. The molecule has 0 bridgehead atoms. The minimum atomic E-state index is -0.000719. The highest BCUT2D eigenvalue weighted by atomic mass is 16.1. The van der Waals surface area contributed by atoms with Crippen molar-refractivity contribution in [2.24, 2.45) is 5.92 Å². The molecule has 0 saturated heterocycles. The predicted octanol–water partition coefficient (Wildman–Crippen LogP) is 2.58. The third-order valence-electron chi connectivity index (χ3n) is 4.54. The monoisotopic (exact) mass is 273 g/mol. The van der Waals surface area contributed by atoms with Gasteiger partial charge in [-0.15, -0.1) is 0 Å². The molecule has 1 heterocycles. The van der Waals surface area contributed by atoms with E-state index in [2.05, 4.69) is 15.3 Å². The van der Waals surface area contributed by atoms with Gasteiger partial charge in [-0.3, -0.25) is 4.79 Å². The first-order valence-electron chi connectivity index (χ1n) is 7.88. The van der Waals surface area contributed by atoms with Gasteiger partial charge in [-0.2, -0.15) is 0 Å². The predicted molar refractivity (Wildman–Crippen MR) is 77.7 cm³/mol. The number of aryl methyl sites for hydroxylation is 2. The molecule has 4 nitrogen and oxygen atoms in total. The standard InChI is InChI=1S/C16H23N3O/c1-11-18-14-9-5-8-13(14)15(19-11)16(20)17-10-12-6-3-2-4-7-12/h12H,2-10H2,1H3,(H,17,20). The highest BCUT2D eigenvalue weighted by molar-refractivity contribution is 5.94. The molecule has 2 aliphatic rings. The molecular weight excluding hydrogens is 250 g/mol. The van der Waals surface area contributed by atoms with Crippen molar-refractivity contribution >= 4 is 5.91 Å². The molecule has 1 aromatic rings. The van der Waals surface area contributed by atoms with Gasteiger partial charge in [0.2, 0.25) is 0 Å². The fourth-order valence-corrected chi connectivity index (χ4v) is 3.46. The smallest absolute Gasteiger partial charge is 0.270 e. The van der Waals surface area contributed by atoms with Crippen LogP contribution in [0.25, 0.3) is 0 Å². The third-order valence-corrected chi connectivity index (χ3v) is 4.54. The van der Waals surface area contributed by atoms with Crippen LogP contribution in [0.4, 0.5) is 0 Å². The Hall–Kier alpha value is -1.45. The molecule has 0 radical (unpaired) electrons. The van der Waals surface area contributed by atoms with Crippen LogP contribution in [0.15, 0.2) is 0 Å². The Kier molecular flexibility index (Phi) is 3.99. The van der Waals surface area contributed by atoms with E-state index in [0.29, 0.717) is 17.4 Å². The van der Waals surface area contributed by atoms with E-state index in [1.807, 2.05) is 6.92 Å². The van der Waals surface area contributed by atoms with Crippen molar-refractivity contribution in [3.8, 4) is 0 Å². The van der Waals surface area contributed by atoms with Crippen LogP contribution in [0.3, 0.4) is 0 Å². The van der Waals surface area contributed by atoms with Gasteiger partial charge in [0, 0.05) is 17.8 Å². The SMILES string of the molecule is Cc1nc2c(c(C(=O)NCC3CCCCC3)n1)CCC2. The summed E-state index contributed by atoms with van der Waals surface area (Å²) in [6.45, 7) is 2.67. The molecule has 2 aliphatic carbocycles. The molecule has 0 unspecified atom stereocenters.